The maximum absolute atomic E-state index is 11.5. The summed E-state index contributed by atoms with van der Waals surface area (Å²) in [4.78, 5) is 11.5. The molecule has 2 atom stereocenters. The van der Waals surface area contributed by atoms with Crippen molar-refractivity contribution in [1.82, 2.24) is 5.32 Å². The third-order valence-corrected chi connectivity index (χ3v) is 3.82. The number of nitrogens with one attached hydrogen (secondary N) is 1. The Labute approximate surface area is 113 Å². The zero-order valence-corrected chi connectivity index (χ0v) is 11.1. The molecule has 1 aromatic carbocycles. The topological polar surface area (TPSA) is 62.1 Å². The van der Waals surface area contributed by atoms with Crippen LogP contribution in [-0.2, 0) is 4.74 Å². The van der Waals surface area contributed by atoms with Crippen LogP contribution in [0.25, 0.3) is 0 Å². The van der Waals surface area contributed by atoms with Gasteiger partial charge in [-0.2, -0.15) is 5.26 Å². The fraction of sp³-hybridized carbons (Fsp3) is 0.467. The van der Waals surface area contributed by atoms with E-state index in [1.165, 1.54) is 7.11 Å². The molecule has 4 nitrogen and oxygen atoms in total. The number of nitrogens with zero attached hydrogens (tertiary/aromatic N) is 1. The summed E-state index contributed by atoms with van der Waals surface area (Å²) >= 11 is 0. The molecule has 1 aromatic rings. The predicted octanol–water partition coefficient (Wildman–Crippen LogP) is 2.96. The molecule has 0 bridgehead atoms. The number of amides is 1. The van der Waals surface area contributed by atoms with Crippen LogP contribution >= 0.6 is 0 Å². The molecular weight excluding hydrogens is 240 g/mol. The van der Waals surface area contributed by atoms with Gasteiger partial charge in [0.25, 0.3) is 0 Å². The second-order valence-corrected chi connectivity index (χ2v) is 4.91. The second-order valence-electron chi connectivity index (χ2n) is 4.91. The minimum absolute atomic E-state index is 0.0200. The molecule has 1 aliphatic rings. The second kappa shape index (κ2) is 5.75. The third-order valence-electron chi connectivity index (χ3n) is 3.82. The van der Waals surface area contributed by atoms with Gasteiger partial charge in [-0.05, 0) is 24.8 Å². The number of hydrogen-bond acceptors (Lipinski definition) is 3. The third kappa shape index (κ3) is 2.70. The van der Waals surface area contributed by atoms with Gasteiger partial charge in [-0.3, -0.25) is 0 Å². The van der Waals surface area contributed by atoms with Crippen LogP contribution in [0.1, 0.15) is 37.2 Å². The van der Waals surface area contributed by atoms with Crippen LogP contribution in [0.4, 0.5) is 4.79 Å². The first-order valence-electron chi connectivity index (χ1n) is 6.54. The SMILES string of the molecule is COC(=O)NC1(C#N)CCCC[C@@H]1c1ccccc1. The number of carbonyl (C=O) groups excluding carboxylic acids is 1. The zero-order chi connectivity index (χ0) is 13.7. The zero-order valence-electron chi connectivity index (χ0n) is 11.1. The molecule has 0 saturated heterocycles. The van der Waals surface area contributed by atoms with Crippen molar-refractivity contribution < 1.29 is 9.53 Å². The van der Waals surface area contributed by atoms with E-state index in [1.807, 2.05) is 30.3 Å². The number of methoxy groups -OCH3 is 1. The van der Waals surface area contributed by atoms with Crippen LogP contribution in [0, 0.1) is 11.3 Å². The van der Waals surface area contributed by atoms with Gasteiger partial charge in [0.2, 0.25) is 0 Å². The number of alkyl carbamates (subject to hydrolysis) is 1. The normalized spacial score (nSPS) is 26.2. The Morgan fingerprint density at radius 1 is 1.42 bits per heavy atom. The Hall–Kier alpha value is -2.02. The van der Waals surface area contributed by atoms with Gasteiger partial charge >= 0.3 is 6.09 Å². The van der Waals surface area contributed by atoms with E-state index in [0.717, 1.165) is 24.8 Å². The highest BCUT2D eigenvalue weighted by molar-refractivity contribution is 5.69. The van der Waals surface area contributed by atoms with Gasteiger partial charge in [-0.25, -0.2) is 4.79 Å². The molecule has 19 heavy (non-hydrogen) atoms. The summed E-state index contributed by atoms with van der Waals surface area (Å²) in [6.07, 6.45) is 3.05. The summed E-state index contributed by atoms with van der Waals surface area (Å²) in [5.41, 5.74) is 0.243. The highest BCUT2D eigenvalue weighted by Crippen LogP contribution is 2.40. The first-order chi connectivity index (χ1) is 9.22. The van der Waals surface area contributed by atoms with Crippen molar-refractivity contribution in [1.29, 1.82) is 5.26 Å². The van der Waals surface area contributed by atoms with Gasteiger partial charge < -0.3 is 10.1 Å². The van der Waals surface area contributed by atoms with E-state index in [2.05, 4.69) is 16.1 Å². The minimum Gasteiger partial charge on any atom is -0.453 e. The molecule has 4 heteroatoms. The van der Waals surface area contributed by atoms with Gasteiger partial charge in [-0.15, -0.1) is 0 Å². The Bertz CT molecular complexity index is 481. The standard InChI is InChI=1S/C15H18N2O2/c1-19-14(18)17-15(11-16)10-6-5-9-13(15)12-7-3-2-4-8-12/h2-4,7-8,13H,5-6,9-10H2,1H3,(H,17,18)/t13-,15?/m1/s1. The van der Waals surface area contributed by atoms with Gasteiger partial charge in [0.15, 0.2) is 0 Å². The van der Waals surface area contributed by atoms with Crippen LogP contribution in [0.2, 0.25) is 0 Å². The van der Waals surface area contributed by atoms with E-state index in [-0.39, 0.29) is 5.92 Å². The Morgan fingerprint density at radius 2 is 2.16 bits per heavy atom. The Kier molecular flexibility index (Phi) is 4.06. The van der Waals surface area contributed by atoms with Crippen molar-refractivity contribution in [2.75, 3.05) is 7.11 Å². The van der Waals surface area contributed by atoms with E-state index in [1.54, 1.807) is 0 Å². The number of rotatable bonds is 2. The lowest BCUT2D eigenvalue weighted by molar-refractivity contribution is 0.150. The fourth-order valence-electron chi connectivity index (χ4n) is 2.85. The number of nitriles is 1. The van der Waals surface area contributed by atoms with Crippen LogP contribution < -0.4 is 5.32 Å². The summed E-state index contributed by atoms with van der Waals surface area (Å²) in [7, 11) is 1.32. The summed E-state index contributed by atoms with van der Waals surface area (Å²) in [5, 5.41) is 12.4. The van der Waals surface area contributed by atoms with Crippen LogP contribution in [-0.4, -0.2) is 18.7 Å². The summed E-state index contributed by atoms with van der Waals surface area (Å²) in [6.45, 7) is 0. The minimum atomic E-state index is -0.854. The quantitative estimate of drug-likeness (QED) is 0.887. The predicted molar refractivity (Wildman–Crippen MR) is 71.5 cm³/mol. The van der Waals surface area contributed by atoms with Crippen molar-refractivity contribution in [3.63, 3.8) is 0 Å². The van der Waals surface area contributed by atoms with E-state index >= 15 is 0 Å². The molecule has 1 saturated carbocycles. The summed E-state index contributed by atoms with van der Waals surface area (Å²) in [5.74, 6) is 0.0200. The fourth-order valence-corrected chi connectivity index (χ4v) is 2.85. The van der Waals surface area contributed by atoms with E-state index < -0.39 is 11.6 Å². The monoisotopic (exact) mass is 258 g/mol. The van der Waals surface area contributed by atoms with Crippen LogP contribution in [0.5, 0.6) is 0 Å². The molecule has 100 valence electrons. The van der Waals surface area contributed by atoms with Gasteiger partial charge in [0.1, 0.15) is 5.54 Å². The van der Waals surface area contributed by atoms with E-state index in [0.29, 0.717) is 6.42 Å². The molecular formula is C15H18N2O2. The van der Waals surface area contributed by atoms with Crippen molar-refractivity contribution >= 4 is 6.09 Å². The Balaban J connectivity index is 2.33. The van der Waals surface area contributed by atoms with Crippen LogP contribution in [0.15, 0.2) is 30.3 Å². The maximum atomic E-state index is 11.5. The van der Waals surface area contributed by atoms with E-state index in [4.69, 9.17) is 0 Å². The lowest BCUT2D eigenvalue weighted by Crippen LogP contribution is -2.53. The number of carbonyl (C=O) groups is 1. The lowest BCUT2D eigenvalue weighted by atomic mass is 9.70. The Morgan fingerprint density at radius 3 is 2.79 bits per heavy atom. The summed E-state index contributed by atoms with van der Waals surface area (Å²) < 4.78 is 4.66. The molecule has 1 fully saturated rings. The van der Waals surface area contributed by atoms with Gasteiger partial charge in [-0.1, -0.05) is 36.8 Å². The molecule has 0 aliphatic heterocycles. The van der Waals surface area contributed by atoms with Crippen molar-refractivity contribution in [3.8, 4) is 6.07 Å². The number of hydrogen-bond donors (Lipinski definition) is 1. The van der Waals surface area contributed by atoms with Crippen molar-refractivity contribution in [2.24, 2.45) is 0 Å². The molecule has 1 aliphatic carbocycles. The largest absolute Gasteiger partial charge is 0.453 e. The smallest absolute Gasteiger partial charge is 0.408 e. The highest BCUT2D eigenvalue weighted by atomic mass is 16.5. The molecule has 1 unspecified atom stereocenters. The molecule has 1 amide bonds. The molecule has 1 N–H and O–H groups in total. The van der Waals surface area contributed by atoms with Crippen LogP contribution in [0.3, 0.4) is 0 Å². The lowest BCUT2D eigenvalue weighted by Gasteiger charge is -2.39. The average molecular weight is 258 g/mol. The van der Waals surface area contributed by atoms with Gasteiger partial charge in [0.05, 0.1) is 13.2 Å². The first kappa shape index (κ1) is 13.4. The summed E-state index contributed by atoms with van der Waals surface area (Å²) in [6, 6.07) is 12.2. The molecule has 0 aromatic heterocycles. The number of ether oxygens (including phenoxy) is 1. The maximum Gasteiger partial charge on any atom is 0.408 e. The highest BCUT2D eigenvalue weighted by Gasteiger charge is 2.43. The van der Waals surface area contributed by atoms with Crippen molar-refractivity contribution in [3.05, 3.63) is 35.9 Å². The molecule has 0 heterocycles. The molecule has 0 radical (unpaired) electrons. The molecule has 0 spiro atoms. The van der Waals surface area contributed by atoms with E-state index in [9.17, 15) is 10.1 Å². The average Bonchev–Trinajstić information content (AvgIpc) is 2.48. The first-order valence-corrected chi connectivity index (χ1v) is 6.54. The molecule has 2 rings (SSSR count). The number of benzene rings is 1. The van der Waals surface area contributed by atoms with Gasteiger partial charge in [0, 0.05) is 5.92 Å². The van der Waals surface area contributed by atoms with Crippen molar-refractivity contribution in [2.45, 2.75) is 37.1 Å².